The van der Waals surface area contributed by atoms with Gasteiger partial charge in [-0.15, -0.1) is 0 Å². The van der Waals surface area contributed by atoms with E-state index in [1.54, 1.807) is 0 Å². The molecule has 0 bridgehead atoms. The Morgan fingerprint density at radius 3 is 2.70 bits per heavy atom. The molecule has 4 nitrogen and oxygen atoms in total. The molecule has 20 heavy (non-hydrogen) atoms. The number of rotatable bonds is 5. The summed E-state index contributed by atoms with van der Waals surface area (Å²) in [4.78, 5) is 11.3. The zero-order chi connectivity index (χ0) is 14.4. The van der Waals surface area contributed by atoms with Gasteiger partial charge in [0.2, 0.25) is 0 Å². The number of ether oxygens (including phenoxy) is 3. The first-order valence-corrected chi connectivity index (χ1v) is 7.14. The van der Waals surface area contributed by atoms with Crippen molar-refractivity contribution in [3.05, 3.63) is 29.8 Å². The average Bonchev–Trinajstić information content (AvgIpc) is 2.49. The van der Waals surface area contributed by atoms with Crippen LogP contribution in [0.5, 0.6) is 5.75 Å². The van der Waals surface area contributed by atoms with Crippen molar-refractivity contribution in [2.45, 2.75) is 44.8 Å². The molecular weight excluding hydrogens is 256 g/mol. The molecule has 1 fully saturated rings. The molecule has 4 heteroatoms. The highest BCUT2D eigenvalue weighted by Gasteiger charge is 2.16. The summed E-state index contributed by atoms with van der Waals surface area (Å²) < 4.78 is 16.0. The maximum Gasteiger partial charge on any atom is 0.306 e. The average molecular weight is 278 g/mol. The Morgan fingerprint density at radius 2 is 2.10 bits per heavy atom. The molecule has 0 aliphatic carbocycles. The molecule has 0 radical (unpaired) electrons. The summed E-state index contributed by atoms with van der Waals surface area (Å²) in [7, 11) is 1.41. The summed E-state index contributed by atoms with van der Waals surface area (Å²) in [5, 5.41) is 0. The number of hydrogen-bond acceptors (Lipinski definition) is 4. The molecule has 1 saturated heterocycles. The molecule has 0 N–H and O–H groups in total. The molecule has 2 atom stereocenters. The van der Waals surface area contributed by atoms with E-state index in [9.17, 15) is 4.79 Å². The lowest BCUT2D eigenvalue weighted by Gasteiger charge is -2.23. The Kier molecular flexibility index (Phi) is 5.41. The van der Waals surface area contributed by atoms with Gasteiger partial charge >= 0.3 is 5.97 Å². The summed E-state index contributed by atoms with van der Waals surface area (Å²) in [5.41, 5.74) is 1.10. The van der Waals surface area contributed by atoms with Gasteiger partial charge in [-0.1, -0.05) is 19.1 Å². The van der Waals surface area contributed by atoms with Crippen molar-refractivity contribution < 1.29 is 19.0 Å². The number of hydrogen-bond donors (Lipinski definition) is 0. The summed E-state index contributed by atoms with van der Waals surface area (Å²) in [6, 6.07) is 7.85. The molecular formula is C16H22O4. The monoisotopic (exact) mass is 278 g/mol. The third kappa shape index (κ3) is 4.23. The Morgan fingerprint density at radius 1 is 1.35 bits per heavy atom. The molecule has 1 aromatic carbocycles. The van der Waals surface area contributed by atoms with E-state index in [1.165, 1.54) is 7.11 Å². The van der Waals surface area contributed by atoms with Crippen molar-refractivity contribution in [1.29, 1.82) is 0 Å². The van der Waals surface area contributed by atoms with E-state index in [1.807, 2.05) is 31.2 Å². The lowest BCUT2D eigenvalue weighted by atomic mass is 9.98. The minimum atomic E-state index is -0.187. The first-order valence-electron chi connectivity index (χ1n) is 7.14. The minimum Gasteiger partial charge on any atom is -0.469 e. The van der Waals surface area contributed by atoms with Gasteiger partial charge in [-0.3, -0.25) is 4.79 Å². The van der Waals surface area contributed by atoms with E-state index in [2.05, 4.69) is 4.74 Å². The van der Waals surface area contributed by atoms with Crippen molar-refractivity contribution in [3.63, 3.8) is 0 Å². The highest BCUT2D eigenvalue weighted by molar-refractivity contribution is 5.70. The molecule has 1 aliphatic rings. The van der Waals surface area contributed by atoms with Crippen LogP contribution >= 0.6 is 0 Å². The number of carbonyl (C=O) groups excluding carboxylic acids is 1. The number of carbonyl (C=O) groups is 1. The summed E-state index contributed by atoms with van der Waals surface area (Å²) in [6.45, 7) is 2.79. The Balaban J connectivity index is 1.90. The van der Waals surface area contributed by atoms with Gasteiger partial charge < -0.3 is 14.2 Å². The number of methoxy groups -OCH3 is 1. The van der Waals surface area contributed by atoms with Gasteiger partial charge in [-0.05, 0) is 36.5 Å². The predicted molar refractivity (Wildman–Crippen MR) is 75.7 cm³/mol. The van der Waals surface area contributed by atoms with Crippen molar-refractivity contribution in [2.24, 2.45) is 0 Å². The number of benzene rings is 1. The van der Waals surface area contributed by atoms with Crippen molar-refractivity contribution >= 4 is 5.97 Å². The van der Waals surface area contributed by atoms with Gasteiger partial charge in [0, 0.05) is 6.42 Å². The summed E-state index contributed by atoms with van der Waals surface area (Å²) in [6.07, 6.45) is 3.48. The smallest absolute Gasteiger partial charge is 0.306 e. The van der Waals surface area contributed by atoms with Gasteiger partial charge in [0.05, 0.1) is 20.1 Å². The Labute approximate surface area is 120 Å². The van der Waals surface area contributed by atoms with Gasteiger partial charge in [0.15, 0.2) is 6.29 Å². The summed E-state index contributed by atoms with van der Waals surface area (Å²) >= 11 is 0. The molecule has 2 rings (SSSR count). The second-order valence-corrected chi connectivity index (χ2v) is 5.16. The quantitative estimate of drug-likeness (QED) is 0.775. The van der Waals surface area contributed by atoms with Crippen LogP contribution in [-0.4, -0.2) is 26.0 Å². The molecule has 2 unspecified atom stereocenters. The molecule has 110 valence electrons. The second-order valence-electron chi connectivity index (χ2n) is 5.16. The van der Waals surface area contributed by atoms with Crippen molar-refractivity contribution in [2.75, 3.05) is 13.7 Å². The highest BCUT2D eigenvalue weighted by atomic mass is 16.7. The molecule has 1 aliphatic heterocycles. The van der Waals surface area contributed by atoms with Gasteiger partial charge in [0.25, 0.3) is 0 Å². The van der Waals surface area contributed by atoms with Crippen LogP contribution in [0.1, 0.15) is 44.1 Å². The first-order chi connectivity index (χ1) is 9.69. The number of esters is 1. The van der Waals surface area contributed by atoms with Crippen LogP contribution in [0.25, 0.3) is 0 Å². The zero-order valence-electron chi connectivity index (χ0n) is 12.1. The van der Waals surface area contributed by atoms with Crippen LogP contribution in [0.2, 0.25) is 0 Å². The van der Waals surface area contributed by atoms with E-state index in [0.717, 1.165) is 37.2 Å². The molecule has 0 saturated carbocycles. The van der Waals surface area contributed by atoms with Gasteiger partial charge in [0.1, 0.15) is 5.75 Å². The Hall–Kier alpha value is -1.55. The maximum absolute atomic E-state index is 11.3. The van der Waals surface area contributed by atoms with Crippen LogP contribution in [0.4, 0.5) is 0 Å². The standard InChI is InChI=1S/C16H22O4/c1-12(11-15(17)18-2)13-6-8-14(9-7-13)20-16-5-3-4-10-19-16/h6-9,12,16H,3-5,10-11H2,1-2H3. The van der Waals surface area contributed by atoms with E-state index in [4.69, 9.17) is 9.47 Å². The minimum absolute atomic E-state index is 0.123. The highest BCUT2D eigenvalue weighted by Crippen LogP contribution is 2.24. The first kappa shape index (κ1) is 14.9. The predicted octanol–water partition coefficient (Wildman–Crippen LogP) is 3.26. The largest absolute Gasteiger partial charge is 0.469 e. The van der Waals surface area contributed by atoms with Crippen molar-refractivity contribution in [1.82, 2.24) is 0 Å². The van der Waals surface area contributed by atoms with Crippen LogP contribution < -0.4 is 4.74 Å². The maximum atomic E-state index is 11.3. The molecule has 1 aromatic rings. The molecule has 0 amide bonds. The topological polar surface area (TPSA) is 44.8 Å². The fourth-order valence-corrected chi connectivity index (χ4v) is 2.28. The third-order valence-electron chi connectivity index (χ3n) is 3.56. The van der Waals surface area contributed by atoms with Crippen LogP contribution in [0.3, 0.4) is 0 Å². The summed E-state index contributed by atoms with van der Waals surface area (Å²) in [5.74, 6) is 0.766. The van der Waals surface area contributed by atoms with Crippen LogP contribution in [0, 0.1) is 0 Å². The van der Waals surface area contributed by atoms with Crippen LogP contribution in [0.15, 0.2) is 24.3 Å². The lowest BCUT2D eigenvalue weighted by molar-refractivity contribution is -0.140. The molecule has 1 heterocycles. The van der Waals surface area contributed by atoms with E-state index in [0.29, 0.717) is 6.42 Å². The normalized spacial score (nSPS) is 20.2. The van der Waals surface area contributed by atoms with Crippen molar-refractivity contribution in [3.8, 4) is 5.75 Å². The van der Waals surface area contributed by atoms with Crippen LogP contribution in [-0.2, 0) is 14.3 Å². The van der Waals surface area contributed by atoms with Gasteiger partial charge in [-0.2, -0.15) is 0 Å². The third-order valence-corrected chi connectivity index (χ3v) is 3.56. The second kappa shape index (κ2) is 7.29. The SMILES string of the molecule is COC(=O)CC(C)c1ccc(OC2CCCCO2)cc1. The zero-order valence-corrected chi connectivity index (χ0v) is 12.1. The van der Waals surface area contributed by atoms with E-state index in [-0.39, 0.29) is 18.2 Å². The van der Waals surface area contributed by atoms with E-state index < -0.39 is 0 Å². The van der Waals surface area contributed by atoms with E-state index >= 15 is 0 Å². The molecule has 0 spiro atoms. The molecule has 0 aromatic heterocycles. The fraction of sp³-hybridized carbons (Fsp3) is 0.562. The lowest BCUT2D eigenvalue weighted by Crippen LogP contribution is -2.24. The fourth-order valence-electron chi connectivity index (χ4n) is 2.28. The Bertz CT molecular complexity index is 421. The van der Waals surface area contributed by atoms with Gasteiger partial charge in [-0.25, -0.2) is 0 Å².